The molecule has 30 heavy (non-hydrogen) atoms. The highest BCUT2D eigenvalue weighted by atomic mass is 19.4. The molecule has 6 nitrogen and oxygen atoms in total. The number of carbonyl (C=O) groups excluding carboxylic acids is 1. The van der Waals surface area contributed by atoms with Gasteiger partial charge in [0.2, 0.25) is 0 Å². The highest BCUT2D eigenvalue weighted by Gasteiger charge is 2.30. The monoisotopic (exact) mass is 426 g/mol. The van der Waals surface area contributed by atoms with Gasteiger partial charge in [-0.2, -0.15) is 13.2 Å². The molecular formula is C21H25F3N2O4. The Morgan fingerprint density at radius 2 is 1.93 bits per heavy atom. The number of nitrogens with one attached hydrogen (secondary N) is 2. The molecule has 2 aromatic carbocycles. The van der Waals surface area contributed by atoms with Crippen molar-refractivity contribution in [3.8, 4) is 11.5 Å². The first-order valence-corrected chi connectivity index (χ1v) is 9.37. The Hall–Kier alpha value is -2.78. The zero-order valence-electron chi connectivity index (χ0n) is 16.8. The van der Waals surface area contributed by atoms with Crippen LogP contribution in [0.15, 0.2) is 42.5 Å². The van der Waals surface area contributed by atoms with Crippen LogP contribution in [0.5, 0.6) is 11.5 Å². The summed E-state index contributed by atoms with van der Waals surface area (Å²) in [5.41, 5.74) is 0.0827. The lowest BCUT2D eigenvalue weighted by Crippen LogP contribution is -2.31. The predicted octanol–water partition coefficient (Wildman–Crippen LogP) is 3.59. The number of methoxy groups -OCH3 is 1. The van der Waals surface area contributed by atoms with E-state index < -0.39 is 24.3 Å². The van der Waals surface area contributed by atoms with E-state index in [0.29, 0.717) is 18.0 Å². The van der Waals surface area contributed by atoms with Gasteiger partial charge in [-0.1, -0.05) is 19.1 Å². The number of aliphatic hydroxyl groups excluding tert-OH is 1. The van der Waals surface area contributed by atoms with E-state index in [2.05, 4.69) is 10.6 Å². The lowest BCUT2D eigenvalue weighted by molar-refractivity contribution is -0.137. The second-order valence-electron chi connectivity index (χ2n) is 6.57. The Morgan fingerprint density at radius 1 is 1.17 bits per heavy atom. The van der Waals surface area contributed by atoms with Gasteiger partial charge in [-0.05, 0) is 42.3 Å². The van der Waals surface area contributed by atoms with Gasteiger partial charge in [0.1, 0.15) is 0 Å². The van der Waals surface area contributed by atoms with E-state index in [1.165, 1.54) is 19.2 Å². The van der Waals surface area contributed by atoms with Gasteiger partial charge in [0, 0.05) is 18.3 Å². The minimum atomic E-state index is -4.49. The van der Waals surface area contributed by atoms with Crippen LogP contribution in [0.4, 0.5) is 18.9 Å². The van der Waals surface area contributed by atoms with Gasteiger partial charge in [0.05, 0.1) is 19.3 Å². The lowest BCUT2D eigenvalue weighted by atomic mass is 10.1. The van der Waals surface area contributed by atoms with Gasteiger partial charge in [0.15, 0.2) is 18.1 Å². The molecule has 0 fully saturated rings. The first kappa shape index (κ1) is 23.5. The molecule has 0 radical (unpaired) electrons. The number of alkyl halides is 3. The fraction of sp³-hybridized carbons (Fsp3) is 0.381. The normalized spacial score (nSPS) is 12.3. The minimum Gasteiger partial charge on any atom is -0.493 e. The minimum absolute atomic E-state index is 0.00790. The molecule has 164 valence electrons. The molecular weight excluding hydrogens is 401 g/mol. The second kappa shape index (κ2) is 10.8. The number of aliphatic hydroxyl groups is 1. The van der Waals surface area contributed by atoms with Crippen LogP contribution < -0.4 is 20.1 Å². The van der Waals surface area contributed by atoms with Gasteiger partial charge >= 0.3 is 6.18 Å². The third-order valence-electron chi connectivity index (χ3n) is 4.37. The number of hydrogen-bond donors (Lipinski definition) is 3. The maximum Gasteiger partial charge on any atom is 0.416 e. The van der Waals surface area contributed by atoms with Crippen LogP contribution in [-0.2, 0) is 17.5 Å². The molecule has 2 aromatic rings. The summed E-state index contributed by atoms with van der Waals surface area (Å²) in [4.78, 5) is 12.1. The summed E-state index contributed by atoms with van der Waals surface area (Å²) in [6.07, 6.45) is -3.70. The highest BCUT2D eigenvalue weighted by Crippen LogP contribution is 2.31. The van der Waals surface area contributed by atoms with Crippen LogP contribution in [0.1, 0.15) is 24.5 Å². The van der Waals surface area contributed by atoms with E-state index in [1.54, 1.807) is 18.2 Å². The molecule has 2 rings (SSSR count). The van der Waals surface area contributed by atoms with Gasteiger partial charge in [-0.15, -0.1) is 0 Å². The molecule has 1 atom stereocenters. The predicted molar refractivity (Wildman–Crippen MR) is 107 cm³/mol. The summed E-state index contributed by atoms with van der Waals surface area (Å²) in [6.45, 7) is 2.13. The fourth-order valence-electron chi connectivity index (χ4n) is 2.66. The molecule has 0 saturated carbocycles. The standard InChI is InChI=1S/C21H25F3N2O4/c1-3-16(12-27)25-11-14-7-8-18(19(9-14)29-2)30-13-20(28)26-17-6-4-5-15(10-17)21(22,23)24/h4-10,16,25,27H,3,11-13H2,1-2H3,(H,26,28)/t16-/m1/s1. The molecule has 0 saturated heterocycles. The number of rotatable bonds is 10. The largest absolute Gasteiger partial charge is 0.493 e. The van der Waals surface area contributed by atoms with Crippen molar-refractivity contribution >= 4 is 11.6 Å². The van der Waals surface area contributed by atoms with E-state index in [1.807, 2.05) is 6.92 Å². The molecule has 0 unspecified atom stereocenters. The molecule has 0 spiro atoms. The topological polar surface area (TPSA) is 79.8 Å². The highest BCUT2D eigenvalue weighted by molar-refractivity contribution is 5.92. The number of hydrogen-bond acceptors (Lipinski definition) is 5. The van der Waals surface area contributed by atoms with E-state index in [4.69, 9.17) is 9.47 Å². The van der Waals surface area contributed by atoms with Gasteiger partial charge in [0.25, 0.3) is 5.91 Å². The third-order valence-corrected chi connectivity index (χ3v) is 4.37. The Kier molecular flexibility index (Phi) is 8.49. The van der Waals surface area contributed by atoms with Gasteiger partial charge < -0.3 is 25.2 Å². The zero-order valence-corrected chi connectivity index (χ0v) is 16.8. The van der Waals surface area contributed by atoms with Crippen molar-refractivity contribution in [2.75, 3.05) is 25.6 Å². The van der Waals surface area contributed by atoms with Crippen molar-refractivity contribution in [2.45, 2.75) is 32.1 Å². The van der Waals surface area contributed by atoms with Crippen molar-refractivity contribution < 1.29 is 32.5 Å². The molecule has 0 aliphatic rings. The van der Waals surface area contributed by atoms with Crippen LogP contribution in [0.2, 0.25) is 0 Å². The number of amides is 1. The SMILES string of the molecule is CC[C@H](CO)NCc1ccc(OCC(=O)Nc2cccc(C(F)(F)F)c2)c(OC)c1. The lowest BCUT2D eigenvalue weighted by Gasteiger charge is -2.16. The van der Waals surface area contributed by atoms with Crippen molar-refractivity contribution in [3.63, 3.8) is 0 Å². The maximum absolute atomic E-state index is 12.8. The molecule has 1 amide bonds. The quantitative estimate of drug-likeness (QED) is 0.541. The zero-order chi connectivity index (χ0) is 22.1. The summed E-state index contributed by atoms with van der Waals surface area (Å²) in [5.74, 6) is 0.142. The molecule has 0 aliphatic heterocycles. The first-order chi connectivity index (χ1) is 14.3. The fourth-order valence-corrected chi connectivity index (χ4v) is 2.66. The van der Waals surface area contributed by atoms with Gasteiger partial charge in [-0.3, -0.25) is 4.79 Å². The number of carbonyl (C=O) groups is 1. The third kappa shape index (κ3) is 6.93. The first-order valence-electron chi connectivity index (χ1n) is 9.37. The average molecular weight is 426 g/mol. The Morgan fingerprint density at radius 3 is 2.57 bits per heavy atom. The van der Waals surface area contributed by atoms with E-state index in [-0.39, 0.29) is 18.3 Å². The molecule has 0 aliphatic carbocycles. The molecule has 0 aromatic heterocycles. The second-order valence-corrected chi connectivity index (χ2v) is 6.57. The summed E-state index contributed by atoms with van der Waals surface area (Å²) in [5, 5.41) is 14.8. The summed E-state index contributed by atoms with van der Waals surface area (Å²) in [6, 6.07) is 9.55. The maximum atomic E-state index is 12.8. The van der Waals surface area contributed by atoms with Crippen molar-refractivity contribution in [1.29, 1.82) is 0 Å². The van der Waals surface area contributed by atoms with E-state index in [0.717, 1.165) is 24.1 Å². The molecule has 0 bridgehead atoms. The van der Waals surface area contributed by atoms with Crippen LogP contribution in [0, 0.1) is 0 Å². The Bertz CT molecular complexity index is 839. The number of ether oxygens (including phenoxy) is 2. The number of anilines is 1. The van der Waals surface area contributed by atoms with Crippen LogP contribution in [0.3, 0.4) is 0 Å². The van der Waals surface area contributed by atoms with Crippen LogP contribution in [-0.4, -0.2) is 37.4 Å². The van der Waals surface area contributed by atoms with Crippen LogP contribution in [0.25, 0.3) is 0 Å². The van der Waals surface area contributed by atoms with Gasteiger partial charge in [-0.25, -0.2) is 0 Å². The summed E-state index contributed by atoms with van der Waals surface area (Å²) < 4.78 is 49.0. The number of halogens is 3. The summed E-state index contributed by atoms with van der Waals surface area (Å²) in [7, 11) is 1.46. The average Bonchev–Trinajstić information content (AvgIpc) is 2.72. The molecule has 9 heteroatoms. The molecule has 3 N–H and O–H groups in total. The Balaban J connectivity index is 1.95. The smallest absolute Gasteiger partial charge is 0.416 e. The summed E-state index contributed by atoms with van der Waals surface area (Å²) >= 11 is 0. The van der Waals surface area contributed by atoms with Crippen molar-refractivity contribution in [1.82, 2.24) is 5.32 Å². The Labute approximate surface area is 173 Å². The van der Waals surface area contributed by atoms with E-state index >= 15 is 0 Å². The molecule has 0 heterocycles. The van der Waals surface area contributed by atoms with Crippen LogP contribution >= 0.6 is 0 Å². The number of benzene rings is 2. The van der Waals surface area contributed by atoms with E-state index in [9.17, 15) is 23.1 Å². The van der Waals surface area contributed by atoms with Crippen molar-refractivity contribution in [2.24, 2.45) is 0 Å². The van der Waals surface area contributed by atoms with Crippen molar-refractivity contribution in [3.05, 3.63) is 53.6 Å².